The Morgan fingerprint density at radius 2 is 2.09 bits per heavy atom. The molecule has 1 heterocycles. The van der Waals surface area contributed by atoms with Gasteiger partial charge >= 0.3 is 5.97 Å². The smallest absolute Gasteiger partial charge is 0.339 e. The zero-order valence-corrected chi connectivity index (χ0v) is 11.3. The van der Waals surface area contributed by atoms with Gasteiger partial charge in [-0.1, -0.05) is 0 Å². The molecular formula is C14H8FN3O5. The molecule has 0 saturated heterocycles. The minimum Gasteiger partial charge on any atom is -0.478 e. The van der Waals surface area contributed by atoms with Gasteiger partial charge in [0.2, 0.25) is 0 Å². The number of ether oxygens (including phenoxy) is 1. The van der Waals surface area contributed by atoms with E-state index in [0.29, 0.717) is 17.0 Å². The van der Waals surface area contributed by atoms with Crippen LogP contribution < -0.4 is 4.74 Å². The summed E-state index contributed by atoms with van der Waals surface area (Å²) in [6, 6.07) is 5.53. The van der Waals surface area contributed by atoms with E-state index in [1.807, 2.05) is 0 Å². The number of nitrogens with zero attached hydrogens (tertiary/aromatic N) is 2. The molecule has 2 aromatic carbocycles. The summed E-state index contributed by atoms with van der Waals surface area (Å²) in [4.78, 5) is 21.2. The lowest BCUT2D eigenvalue weighted by molar-refractivity contribution is -0.385. The molecule has 1 aromatic heterocycles. The first-order chi connectivity index (χ1) is 11.0. The molecule has 0 unspecified atom stereocenters. The van der Waals surface area contributed by atoms with E-state index in [4.69, 9.17) is 4.74 Å². The number of nitro groups is 1. The molecule has 116 valence electrons. The average molecular weight is 317 g/mol. The number of halogens is 1. The lowest BCUT2D eigenvalue weighted by Crippen LogP contribution is -2.01. The van der Waals surface area contributed by atoms with E-state index in [0.717, 1.165) is 12.1 Å². The number of benzene rings is 2. The quantitative estimate of drug-likeness (QED) is 0.564. The van der Waals surface area contributed by atoms with Crippen molar-refractivity contribution in [2.75, 3.05) is 0 Å². The zero-order chi connectivity index (χ0) is 16.6. The van der Waals surface area contributed by atoms with E-state index in [-0.39, 0.29) is 17.1 Å². The maximum atomic E-state index is 13.9. The second-order valence-electron chi connectivity index (χ2n) is 4.58. The number of carboxylic acids is 1. The lowest BCUT2D eigenvalue weighted by atomic mass is 10.1. The standard InChI is InChI=1S/C14H8FN3O5/c15-10-4-8(18(21)22)1-2-12(10)23-13-3-7-6-16-17-11(7)5-9(13)14(19)20/h1-6H,(H,16,17)(H,19,20). The summed E-state index contributed by atoms with van der Waals surface area (Å²) in [6.07, 6.45) is 1.46. The highest BCUT2D eigenvalue weighted by molar-refractivity contribution is 5.96. The van der Waals surface area contributed by atoms with E-state index in [2.05, 4.69) is 10.2 Å². The number of H-pyrrole nitrogens is 1. The van der Waals surface area contributed by atoms with E-state index in [1.54, 1.807) is 0 Å². The van der Waals surface area contributed by atoms with Crippen molar-refractivity contribution in [3.63, 3.8) is 0 Å². The average Bonchev–Trinajstić information content (AvgIpc) is 2.95. The Morgan fingerprint density at radius 1 is 1.30 bits per heavy atom. The summed E-state index contributed by atoms with van der Waals surface area (Å²) in [7, 11) is 0. The Balaban J connectivity index is 2.05. The van der Waals surface area contributed by atoms with Crippen LogP contribution in [0.2, 0.25) is 0 Å². The van der Waals surface area contributed by atoms with Crippen molar-refractivity contribution in [2.45, 2.75) is 0 Å². The Morgan fingerprint density at radius 3 is 2.74 bits per heavy atom. The highest BCUT2D eigenvalue weighted by atomic mass is 19.1. The number of aromatic nitrogens is 2. The van der Waals surface area contributed by atoms with E-state index >= 15 is 0 Å². The van der Waals surface area contributed by atoms with Crippen LogP contribution in [-0.2, 0) is 0 Å². The number of non-ortho nitro benzene ring substituents is 1. The molecule has 0 atom stereocenters. The fourth-order valence-electron chi connectivity index (χ4n) is 2.03. The second-order valence-corrected chi connectivity index (χ2v) is 4.58. The topological polar surface area (TPSA) is 118 Å². The molecule has 0 spiro atoms. The number of carboxylic acid groups (broad SMARTS) is 1. The summed E-state index contributed by atoms with van der Waals surface area (Å²) >= 11 is 0. The van der Waals surface area contributed by atoms with Crippen molar-refractivity contribution < 1.29 is 24.0 Å². The van der Waals surface area contributed by atoms with Gasteiger partial charge in [-0.2, -0.15) is 5.10 Å². The Labute approximate surface area is 127 Å². The minimum absolute atomic E-state index is 0.0980. The van der Waals surface area contributed by atoms with Gasteiger partial charge < -0.3 is 9.84 Å². The zero-order valence-electron chi connectivity index (χ0n) is 11.3. The monoisotopic (exact) mass is 317 g/mol. The highest BCUT2D eigenvalue weighted by Crippen LogP contribution is 2.32. The predicted octanol–water partition coefficient (Wildman–Crippen LogP) is 3.10. The normalized spacial score (nSPS) is 10.7. The van der Waals surface area contributed by atoms with Crippen LogP contribution in [0.4, 0.5) is 10.1 Å². The second kappa shape index (κ2) is 5.37. The number of aromatic amines is 1. The van der Waals surface area contributed by atoms with Gasteiger partial charge in [-0.05, 0) is 18.2 Å². The number of aromatic carboxylic acids is 1. The number of hydrogen-bond acceptors (Lipinski definition) is 5. The number of hydrogen-bond donors (Lipinski definition) is 2. The summed E-state index contributed by atoms with van der Waals surface area (Å²) in [5.41, 5.74) is -0.142. The van der Waals surface area contributed by atoms with Crippen LogP contribution >= 0.6 is 0 Å². The maximum absolute atomic E-state index is 13.9. The Bertz CT molecular complexity index is 937. The first-order valence-corrected chi connectivity index (χ1v) is 6.28. The molecule has 3 rings (SSSR count). The fourth-order valence-corrected chi connectivity index (χ4v) is 2.03. The number of fused-ring (bicyclic) bond motifs is 1. The van der Waals surface area contributed by atoms with Crippen molar-refractivity contribution in [1.82, 2.24) is 10.2 Å². The molecule has 0 aliphatic heterocycles. The summed E-state index contributed by atoms with van der Waals surface area (Å²) < 4.78 is 19.2. The molecule has 0 aliphatic carbocycles. The fraction of sp³-hybridized carbons (Fsp3) is 0. The van der Waals surface area contributed by atoms with Gasteiger partial charge in [0.1, 0.15) is 11.3 Å². The van der Waals surface area contributed by atoms with Crippen LogP contribution in [0.15, 0.2) is 36.5 Å². The van der Waals surface area contributed by atoms with Gasteiger partial charge in [-0.3, -0.25) is 15.2 Å². The van der Waals surface area contributed by atoms with Crippen molar-refractivity contribution in [3.8, 4) is 11.5 Å². The molecule has 0 radical (unpaired) electrons. The summed E-state index contributed by atoms with van der Waals surface area (Å²) in [5.74, 6) is -2.65. The van der Waals surface area contributed by atoms with Crippen molar-refractivity contribution in [3.05, 3.63) is 58.0 Å². The third-order valence-electron chi connectivity index (χ3n) is 3.12. The van der Waals surface area contributed by atoms with Gasteiger partial charge in [0.05, 0.1) is 22.7 Å². The highest BCUT2D eigenvalue weighted by Gasteiger charge is 2.18. The maximum Gasteiger partial charge on any atom is 0.339 e. The third-order valence-corrected chi connectivity index (χ3v) is 3.12. The van der Waals surface area contributed by atoms with Crippen LogP contribution in [0.5, 0.6) is 11.5 Å². The first-order valence-electron chi connectivity index (χ1n) is 6.28. The molecular weight excluding hydrogens is 309 g/mol. The first kappa shape index (κ1) is 14.4. The summed E-state index contributed by atoms with van der Waals surface area (Å²) in [5, 5.41) is 26.8. The van der Waals surface area contributed by atoms with Gasteiger partial charge in [-0.25, -0.2) is 9.18 Å². The molecule has 2 N–H and O–H groups in total. The number of rotatable bonds is 4. The van der Waals surface area contributed by atoms with Crippen LogP contribution in [0.25, 0.3) is 10.9 Å². The molecule has 0 saturated carbocycles. The van der Waals surface area contributed by atoms with Crippen molar-refractivity contribution >= 4 is 22.6 Å². The van der Waals surface area contributed by atoms with Crippen molar-refractivity contribution in [2.24, 2.45) is 0 Å². The van der Waals surface area contributed by atoms with Crippen LogP contribution in [0.1, 0.15) is 10.4 Å². The van der Waals surface area contributed by atoms with Crippen molar-refractivity contribution in [1.29, 1.82) is 0 Å². The van der Waals surface area contributed by atoms with E-state index in [1.165, 1.54) is 18.3 Å². The number of carbonyl (C=O) groups is 1. The molecule has 0 bridgehead atoms. The Kier molecular flexibility index (Phi) is 3.37. The van der Waals surface area contributed by atoms with E-state index < -0.39 is 22.4 Å². The van der Waals surface area contributed by atoms with Crippen LogP contribution in [0, 0.1) is 15.9 Å². The number of nitro benzene ring substituents is 1. The molecule has 0 amide bonds. The largest absolute Gasteiger partial charge is 0.478 e. The molecule has 0 fully saturated rings. The predicted molar refractivity (Wildman–Crippen MR) is 76.2 cm³/mol. The van der Waals surface area contributed by atoms with Gasteiger partial charge in [0.15, 0.2) is 11.6 Å². The molecule has 3 aromatic rings. The van der Waals surface area contributed by atoms with Gasteiger partial charge in [0.25, 0.3) is 5.69 Å². The van der Waals surface area contributed by atoms with Gasteiger partial charge in [-0.15, -0.1) is 0 Å². The van der Waals surface area contributed by atoms with E-state index in [9.17, 15) is 24.4 Å². The van der Waals surface area contributed by atoms with Crippen LogP contribution in [0.3, 0.4) is 0 Å². The van der Waals surface area contributed by atoms with Crippen LogP contribution in [-0.4, -0.2) is 26.2 Å². The summed E-state index contributed by atoms with van der Waals surface area (Å²) in [6.45, 7) is 0. The molecule has 9 heteroatoms. The molecule has 0 aliphatic rings. The molecule has 8 nitrogen and oxygen atoms in total. The number of nitrogens with one attached hydrogen (secondary N) is 1. The lowest BCUT2D eigenvalue weighted by Gasteiger charge is -2.09. The van der Waals surface area contributed by atoms with Gasteiger partial charge in [0, 0.05) is 11.5 Å². The molecule has 23 heavy (non-hydrogen) atoms. The minimum atomic E-state index is -1.26. The Hall–Kier alpha value is -3.49. The third kappa shape index (κ3) is 2.67. The SMILES string of the molecule is O=C(O)c1cc2[nH]ncc2cc1Oc1ccc([N+](=O)[O-])cc1F.